The van der Waals surface area contributed by atoms with Gasteiger partial charge in [-0.15, -0.1) is 0 Å². The van der Waals surface area contributed by atoms with Gasteiger partial charge in [0.1, 0.15) is 11.9 Å². The van der Waals surface area contributed by atoms with Gasteiger partial charge in [-0.2, -0.15) is 5.26 Å². The number of halogens is 3. The topological polar surface area (TPSA) is 52.9 Å². The maximum atomic E-state index is 13.0. The highest BCUT2D eigenvalue weighted by Gasteiger charge is 2.13. The van der Waals surface area contributed by atoms with Gasteiger partial charge in [-0.3, -0.25) is 4.79 Å². The molecular formula is C14H7Cl2FN2O. The zero-order valence-corrected chi connectivity index (χ0v) is 11.5. The zero-order valence-electron chi connectivity index (χ0n) is 9.95. The van der Waals surface area contributed by atoms with Crippen LogP contribution in [0.4, 0.5) is 10.1 Å². The lowest BCUT2D eigenvalue weighted by Gasteiger charge is -2.08. The van der Waals surface area contributed by atoms with Crippen LogP contribution in [0.5, 0.6) is 0 Å². The van der Waals surface area contributed by atoms with Crippen molar-refractivity contribution >= 4 is 34.8 Å². The van der Waals surface area contributed by atoms with E-state index in [0.717, 1.165) is 12.1 Å². The molecule has 1 N–H and O–H groups in total. The highest BCUT2D eigenvalue weighted by atomic mass is 35.5. The predicted octanol–water partition coefficient (Wildman–Crippen LogP) is 4.26. The standard InChI is InChI=1S/C14H7Cl2FN2O/c15-9-1-3-11(12(16)6-9)14(20)19-13-4-2-10(17)5-8(13)7-18/h1-6H,(H,19,20). The third-order valence-electron chi connectivity index (χ3n) is 2.53. The van der Waals surface area contributed by atoms with E-state index in [2.05, 4.69) is 5.32 Å². The second kappa shape index (κ2) is 5.91. The Labute approximate surface area is 124 Å². The van der Waals surface area contributed by atoms with Crippen LogP contribution in [0.3, 0.4) is 0 Å². The highest BCUT2D eigenvalue weighted by molar-refractivity contribution is 6.37. The van der Waals surface area contributed by atoms with Crippen molar-refractivity contribution in [2.75, 3.05) is 5.32 Å². The molecule has 0 atom stereocenters. The van der Waals surface area contributed by atoms with Crippen LogP contribution in [-0.2, 0) is 0 Å². The number of hydrogen-bond donors (Lipinski definition) is 1. The van der Waals surface area contributed by atoms with Crippen LogP contribution >= 0.6 is 23.2 Å². The van der Waals surface area contributed by atoms with E-state index < -0.39 is 11.7 Å². The molecule has 0 saturated heterocycles. The maximum Gasteiger partial charge on any atom is 0.257 e. The number of nitrogens with zero attached hydrogens (tertiary/aromatic N) is 1. The second-order valence-corrected chi connectivity index (χ2v) is 4.72. The summed E-state index contributed by atoms with van der Waals surface area (Å²) in [4.78, 5) is 12.1. The molecule has 0 fully saturated rings. The molecule has 0 aliphatic carbocycles. The molecule has 2 aromatic carbocycles. The highest BCUT2D eigenvalue weighted by Crippen LogP contribution is 2.23. The van der Waals surface area contributed by atoms with Crippen molar-refractivity contribution in [2.45, 2.75) is 0 Å². The summed E-state index contributed by atoms with van der Waals surface area (Å²) in [6, 6.07) is 9.75. The van der Waals surface area contributed by atoms with E-state index in [1.165, 1.54) is 24.3 Å². The number of anilines is 1. The van der Waals surface area contributed by atoms with Gasteiger partial charge in [-0.25, -0.2) is 4.39 Å². The SMILES string of the molecule is N#Cc1cc(F)ccc1NC(=O)c1ccc(Cl)cc1Cl. The number of hydrogen-bond acceptors (Lipinski definition) is 2. The van der Waals surface area contributed by atoms with Crippen LogP contribution in [-0.4, -0.2) is 5.91 Å². The summed E-state index contributed by atoms with van der Waals surface area (Å²) in [5.74, 6) is -1.06. The summed E-state index contributed by atoms with van der Waals surface area (Å²) in [6.07, 6.45) is 0. The largest absolute Gasteiger partial charge is 0.321 e. The van der Waals surface area contributed by atoms with Gasteiger partial charge < -0.3 is 5.32 Å². The van der Waals surface area contributed by atoms with Gasteiger partial charge in [-0.05, 0) is 36.4 Å². The minimum absolute atomic E-state index is 0.0310. The molecule has 0 radical (unpaired) electrons. The van der Waals surface area contributed by atoms with Gasteiger partial charge >= 0.3 is 0 Å². The molecule has 3 nitrogen and oxygen atoms in total. The normalized spacial score (nSPS) is 9.90. The van der Waals surface area contributed by atoms with Gasteiger partial charge in [0.15, 0.2) is 0 Å². The lowest BCUT2D eigenvalue weighted by molar-refractivity contribution is 0.102. The van der Waals surface area contributed by atoms with Gasteiger partial charge in [0.05, 0.1) is 21.8 Å². The van der Waals surface area contributed by atoms with Gasteiger partial charge in [0.2, 0.25) is 0 Å². The molecule has 2 aromatic rings. The van der Waals surface area contributed by atoms with E-state index in [9.17, 15) is 9.18 Å². The summed E-state index contributed by atoms with van der Waals surface area (Å²) < 4.78 is 13.0. The van der Waals surface area contributed by atoms with Crippen LogP contribution in [0.15, 0.2) is 36.4 Å². The third kappa shape index (κ3) is 3.08. The molecule has 100 valence electrons. The number of amides is 1. The van der Waals surface area contributed by atoms with Crippen LogP contribution in [0, 0.1) is 17.1 Å². The molecule has 0 aliphatic rings. The van der Waals surface area contributed by atoms with Crippen molar-refractivity contribution in [2.24, 2.45) is 0 Å². The second-order valence-electron chi connectivity index (χ2n) is 3.88. The van der Waals surface area contributed by atoms with Crippen molar-refractivity contribution in [3.8, 4) is 6.07 Å². The van der Waals surface area contributed by atoms with Gasteiger partial charge in [0.25, 0.3) is 5.91 Å². The molecule has 0 heterocycles. The van der Waals surface area contributed by atoms with Gasteiger partial charge in [0, 0.05) is 5.02 Å². The number of carbonyl (C=O) groups excluding carboxylic acids is 1. The maximum absolute atomic E-state index is 13.0. The molecule has 2 rings (SSSR count). The van der Waals surface area contributed by atoms with E-state index in [-0.39, 0.29) is 21.8 Å². The molecule has 0 unspecified atom stereocenters. The van der Waals surface area contributed by atoms with E-state index in [0.29, 0.717) is 5.02 Å². The fraction of sp³-hybridized carbons (Fsp3) is 0. The predicted molar refractivity (Wildman–Crippen MR) is 75.5 cm³/mol. The minimum Gasteiger partial charge on any atom is -0.321 e. The minimum atomic E-state index is -0.552. The van der Waals surface area contributed by atoms with Crippen molar-refractivity contribution in [1.29, 1.82) is 5.26 Å². The Morgan fingerprint density at radius 1 is 1.20 bits per heavy atom. The van der Waals surface area contributed by atoms with Crippen LogP contribution < -0.4 is 5.32 Å². The first-order valence-electron chi connectivity index (χ1n) is 5.47. The van der Waals surface area contributed by atoms with Crippen molar-refractivity contribution < 1.29 is 9.18 Å². The van der Waals surface area contributed by atoms with Crippen LogP contribution in [0.25, 0.3) is 0 Å². The summed E-state index contributed by atoms with van der Waals surface area (Å²) in [5, 5.41) is 12.0. The fourth-order valence-electron chi connectivity index (χ4n) is 1.58. The monoisotopic (exact) mass is 308 g/mol. The smallest absolute Gasteiger partial charge is 0.257 e. The average molecular weight is 309 g/mol. The molecule has 0 bridgehead atoms. The number of rotatable bonds is 2. The fourth-order valence-corrected chi connectivity index (χ4v) is 2.08. The Kier molecular flexibility index (Phi) is 4.23. The van der Waals surface area contributed by atoms with Crippen LogP contribution in [0.1, 0.15) is 15.9 Å². The summed E-state index contributed by atoms with van der Waals surface area (Å²) in [5.41, 5.74) is 0.456. The lowest BCUT2D eigenvalue weighted by Crippen LogP contribution is -2.13. The molecule has 0 spiro atoms. The van der Waals surface area contributed by atoms with Gasteiger partial charge in [-0.1, -0.05) is 23.2 Å². The average Bonchev–Trinajstić information content (AvgIpc) is 2.40. The van der Waals surface area contributed by atoms with E-state index >= 15 is 0 Å². The molecule has 0 saturated carbocycles. The Balaban J connectivity index is 2.31. The Morgan fingerprint density at radius 2 is 1.95 bits per heavy atom. The molecule has 6 heteroatoms. The number of carbonyl (C=O) groups is 1. The summed E-state index contributed by atoms with van der Waals surface area (Å²) in [6.45, 7) is 0. The molecule has 0 aliphatic heterocycles. The van der Waals surface area contributed by atoms with Crippen molar-refractivity contribution in [1.82, 2.24) is 0 Å². The summed E-state index contributed by atoms with van der Waals surface area (Å²) in [7, 11) is 0. The number of nitrogens with one attached hydrogen (secondary N) is 1. The first-order valence-corrected chi connectivity index (χ1v) is 6.23. The number of nitriles is 1. The lowest BCUT2D eigenvalue weighted by atomic mass is 10.1. The first-order chi connectivity index (χ1) is 9.51. The number of benzene rings is 2. The van der Waals surface area contributed by atoms with E-state index in [4.69, 9.17) is 28.5 Å². The first kappa shape index (κ1) is 14.3. The van der Waals surface area contributed by atoms with Crippen molar-refractivity contribution in [3.05, 3.63) is 63.4 Å². The third-order valence-corrected chi connectivity index (χ3v) is 3.07. The van der Waals surface area contributed by atoms with Crippen molar-refractivity contribution in [3.63, 3.8) is 0 Å². The summed E-state index contributed by atoms with van der Waals surface area (Å²) >= 11 is 11.7. The Bertz CT molecular complexity index is 726. The van der Waals surface area contributed by atoms with E-state index in [1.807, 2.05) is 6.07 Å². The molecular weight excluding hydrogens is 302 g/mol. The zero-order chi connectivity index (χ0) is 14.7. The Hall–Kier alpha value is -2.09. The quantitative estimate of drug-likeness (QED) is 0.901. The molecule has 0 aromatic heterocycles. The molecule has 20 heavy (non-hydrogen) atoms. The van der Waals surface area contributed by atoms with Crippen LogP contribution in [0.2, 0.25) is 10.0 Å². The van der Waals surface area contributed by atoms with E-state index in [1.54, 1.807) is 0 Å². The molecule has 1 amide bonds. The Morgan fingerprint density at radius 3 is 2.60 bits per heavy atom.